The molecule has 4 rings (SSSR count). The molecule has 1 aliphatic heterocycles. The van der Waals surface area contributed by atoms with E-state index in [0.29, 0.717) is 16.9 Å². The Labute approximate surface area is 163 Å². The van der Waals surface area contributed by atoms with Gasteiger partial charge >= 0.3 is 5.97 Å². The van der Waals surface area contributed by atoms with Crippen molar-refractivity contribution in [2.45, 2.75) is 32.8 Å². The van der Waals surface area contributed by atoms with Gasteiger partial charge in [0.2, 0.25) is 0 Å². The van der Waals surface area contributed by atoms with Gasteiger partial charge in [0.25, 0.3) is 0 Å². The summed E-state index contributed by atoms with van der Waals surface area (Å²) in [6.07, 6.45) is 1.87. The van der Waals surface area contributed by atoms with Gasteiger partial charge in [-0.3, -0.25) is 0 Å². The number of anilines is 2. The van der Waals surface area contributed by atoms with E-state index in [9.17, 15) is 4.79 Å². The zero-order valence-corrected chi connectivity index (χ0v) is 16.1. The Morgan fingerprint density at radius 1 is 1.14 bits per heavy atom. The molecule has 3 aromatic rings. The number of fused-ring (bicyclic) bond motifs is 1. The Kier molecular flexibility index (Phi) is 5.21. The van der Waals surface area contributed by atoms with Crippen LogP contribution in [0.5, 0.6) is 0 Å². The lowest BCUT2D eigenvalue weighted by Gasteiger charge is -2.14. The summed E-state index contributed by atoms with van der Waals surface area (Å²) in [5.74, 6) is -0.112. The first-order valence-corrected chi connectivity index (χ1v) is 9.50. The summed E-state index contributed by atoms with van der Waals surface area (Å²) in [7, 11) is 0. The van der Waals surface area contributed by atoms with Crippen LogP contribution in [0, 0.1) is 13.8 Å². The van der Waals surface area contributed by atoms with Gasteiger partial charge in [0.05, 0.1) is 17.1 Å². The summed E-state index contributed by atoms with van der Waals surface area (Å²) in [5.41, 5.74) is 4.74. The maximum atomic E-state index is 12.8. The molecule has 0 saturated carbocycles. The lowest BCUT2D eigenvalue weighted by molar-refractivity contribution is 0.0157. The van der Waals surface area contributed by atoms with Crippen LogP contribution in [-0.2, 0) is 9.47 Å². The van der Waals surface area contributed by atoms with Gasteiger partial charge in [0.1, 0.15) is 6.61 Å². The smallest absolute Gasteiger partial charge is 0.360 e. The number of nitrogens with zero attached hydrogens (tertiary/aromatic N) is 2. The fraction of sp³-hybridized carbons (Fsp3) is 0.318. The van der Waals surface area contributed by atoms with Crippen LogP contribution < -0.4 is 5.32 Å². The van der Waals surface area contributed by atoms with E-state index < -0.39 is 5.97 Å². The van der Waals surface area contributed by atoms with E-state index >= 15 is 0 Å². The van der Waals surface area contributed by atoms with Crippen molar-refractivity contribution in [3.8, 4) is 0 Å². The molecule has 2 heterocycles. The molecular weight excluding hydrogens is 354 g/mol. The van der Waals surface area contributed by atoms with Crippen LogP contribution in [0.2, 0.25) is 0 Å². The van der Waals surface area contributed by atoms with Crippen molar-refractivity contribution in [3.05, 3.63) is 59.3 Å². The predicted octanol–water partition coefficient (Wildman–Crippen LogP) is 4.33. The van der Waals surface area contributed by atoms with E-state index in [1.165, 1.54) is 5.56 Å². The summed E-state index contributed by atoms with van der Waals surface area (Å²) in [6, 6.07) is 13.5. The molecular formula is C22H23N3O3. The Bertz CT molecular complexity index is 1010. The third-order valence-electron chi connectivity index (χ3n) is 4.96. The quantitative estimate of drug-likeness (QED) is 0.667. The number of nitrogens with one attached hydrogen (secondary N) is 1. The Morgan fingerprint density at radius 2 is 1.93 bits per heavy atom. The minimum absolute atomic E-state index is 0.0338. The van der Waals surface area contributed by atoms with Gasteiger partial charge in [0.15, 0.2) is 11.5 Å². The second kappa shape index (κ2) is 7.94. The van der Waals surface area contributed by atoms with Crippen molar-refractivity contribution < 1.29 is 14.3 Å². The van der Waals surface area contributed by atoms with E-state index in [-0.39, 0.29) is 18.4 Å². The number of ether oxygens (including phenoxy) is 2. The molecule has 0 aliphatic carbocycles. The fourth-order valence-corrected chi connectivity index (χ4v) is 3.20. The summed E-state index contributed by atoms with van der Waals surface area (Å²) in [5, 5.41) is 3.24. The van der Waals surface area contributed by atoms with Crippen molar-refractivity contribution in [1.82, 2.24) is 9.97 Å². The second-order valence-electron chi connectivity index (χ2n) is 7.07. The molecule has 0 radical (unpaired) electrons. The number of para-hydroxylation sites is 2. The van der Waals surface area contributed by atoms with E-state index in [1.807, 2.05) is 49.4 Å². The van der Waals surface area contributed by atoms with Crippen molar-refractivity contribution in [3.63, 3.8) is 0 Å². The normalized spacial score (nSPS) is 16.3. The largest absolute Gasteiger partial charge is 0.458 e. The number of benzene rings is 2. The number of aryl methyl sites for hydroxylation is 2. The van der Waals surface area contributed by atoms with Crippen LogP contribution in [0.3, 0.4) is 0 Å². The lowest BCUT2D eigenvalue weighted by Crippen LogP contribution is -2.19. The van der Waals surface area contributed by atoms with Gasteiger partial charge in [-0.2, -0.15) is 0 Å². The monoisotopic (exact) mass is 377 g/mol. The molecule has 6 heteroatoms. The summed E-state index contributed by atoms with van der Waals surface area (Å²) in [6.45, 7) is 5.06. The first-order chi connectivity index (χ1) is 13.6. The molecule has 1 N–H and O–H groups in total. The van der Waals surface area contributed by atoms with E-state index in [2.05, 4.69) is 22.2 Å². The average molecular weight is 377 g/mol. The number of carbonyl (C=O) groups excluding carboxylic acids is 1. The number of rotatable bonds is 5. The molecule has 28 heavy (non-hydrogen) atoms. The van der Waals surface area contributed by atoms with Gasteiger partial charge in [-0.05, 0) is 62.1 Å². The predicted molar refractivity (Wildman–Crippen MR) is 108 cm³/mol. The lowest BCUT2D eigenvalue weighted by atomic mass is 10.1. The molecule has 6 nitrogen and oxygen atoms in total. The SMILES string of the molecule is Cc1ccc(Nc2nc3ccccc3nc2C(=O)OCC2CCCO2)cc1C. The van der Waals surface area contributed by atoms with Gasteiger partial charge in [-0.15, -0.1) is 0 Å². The van der Waals surface area contributed by atoms with Crippen molar-refractivity contribution >= 4 is 28.5 Å². The van der Waals surface area contributed by atoms with Crippen LogP contribution in [0.25, 0.3) is 11.0 Å². The minimum Gasteiger partial charge on any atom is -0.458 e. The molecule has 1 fully saturated rings. The summed E-state index contributed by atoms with van der Waals surface area (Å²) < 4.78 is 11.0. The standard InChI is InChI=1S/C22H23N3O3/c1-14-9-10-16(12-15(14)2)23-21-20(22(26)28-13-17-6-5-11-27-17)24-18-7-3-4-8-19(18)25-21/h3-4,7-10,12,17H,5-6,11,13H2,1-2H3,(H,23,25). The van der Waals surface area contributed by atoms with Crippen molar-refractivity contribution in [2.75, 3.05) is 18.5 Å². The van der Waals surface area contributed by atoms with Gasteiger partial charge in [-0.25, -0.2) is 14.8 Å². The Hall–Kier alpha value is -2.99. The van der Waals surface area contributed by atoms with Gasteiger partial charge in [-0.1, -0.05) is 18.2 Å². The highest BCUT2D eigenvalue weighted by Gasteiger charge is 2.22. The van der Waals surface area contributed by atoms with Crippen LogP contribution in [0.4, 0.5) is 11.5 Å². The maximum absolute atomic E-state index is 12.8. The third-order valence-corrected chi connectivity index (χ3v) is 4.96. The third kappa shape index (κ3) is 3.97. The fourth-order valence-electron chi connectivity index (χ4n) is 3.20. The van der Waals surface area contributed by atoms with Crippen molar-refractivity contribution in [1.29, 1.82) is 0 Å². The highest BCUT2D eigenvalue weighted by Crippen LogP contribution is 2.24. The Morgan fingerprint density at radius 3 is 2.64 bits per heavy atom. The van der Waals surface area contributed by atoms with Crippen LogP contribution in [0.1, 0.15) is 34.5 Å². The molecule has 1 aromatic heterocycles. The number of hydrogen-bond donors (Lipinski definition) is 1. The maximum Gasteiger partial charge on any atom is 0.360 e. The molecule has 2 aromatic carbocycles. The summed E-state index contributed by atoms with van der Waals surface area (Å²) in [4.78, 5) is 21.9. The Balaban J connectivity index is 1.65. The number of hydrogen-bond acceptors (Lipinski definition) is 6. The summed E-state index contributed by atoms with van der Waals surface area (Å²) >= 11 is 0. The zero-order valence-electron chi connectivity index (χ0n) is 16.1. The minimum atomic E-state index is -0.500. The average Bonchev–Trinajstić information content (AvgIpc) is 3.22. The zero-order chi connectivity index (χ0) is 19.5. The van der Waals surface area contributed by atoms with Crippen molar-refractivity contribution in [2.24, 2.45) is 0 Å². The van der Waals surface area contributed by atoms with Crippen LogP contribution >= 0.6 is 0 Å². The number of esters is 1. The van der Waals surface area contributed by atoms with Gasteiger partial charge in [0, 0.05) is 12.3 Å². The molecule has 0 amide bonds. The second-order valence-corrected chi connectivity index (χ2v) is 7.07. The number of carbonyl (C=O) groups is 1. The van der Waals surface area contributed by atoms with Crippen LogP contribution in [0.15, 0.2) is 42.5 Å². The molecule has 0 spiro atoms. The molecule has 1 atom stereocenters. The molecule has 144 valence electrons. The highest BCUT2D eigenvalue weighted by molar-refractivity contribution is 5.96. The number of aromatic nitrogens is 2. The van der Waals surface area contributed by atoms with E-state index in [4.69, 9.17) is 9.47 Å². The molecule has 1 unspecified atom stereocenters. The topological polar surface area (TPSA) is 73.3 Å². The molecule has 0 bridgehead atoms. The molecule has 1 saturated heterocycles. The van der Waals surface area contributed by atoms with E-state index in [1.54, 1.807) is 0 Å². The van der Waals surface area contributed by atoms with E-state index in [0.717, 1.165) is 30.7 Å². The highest BCUT2D eigenvalue weighted by atomic mass is 16.6. The molecule has 1 aliphatic rings. The van der Waals surface area contributed by atoms with Crippen LogP contribution in [-0.4, -0.2) is 35.3 Å². The first-order valence-electron chi connectivity index (χ1n) is 9.50. The van der Waals surface area contributed by atoms with Gasteiger partial charge < -0.3 is 14.8 Å². The first kappa shape index (κ1) is 18.4.